The van der Waals surface area contributed by atoms with E-state index in [9.17, 15) is 18.0 Å². The van der Waals surface area contributed by atoms with E-state index in [1.165, 1.54) is 12.1 Å². The molecule has 0 radical (unpaired) electrons. The lowest BCUT2D eigenvalue weighted by Crippen LogP contribution is -2.18. The van der Waals surface area contributed by atoms with Crippen LogP contribution in [0.1, 0.15) is 16.7 Å². The summed E-state index contributed by atoms with van der Waals surface area (Å²) in [5.41, 5.74) is 1.66. The van der Waals surface area contributed by atoms with Crippen LogP contribution in [0.4, 0.5) is 18.9 Å². The Morgan fingerprint density at radius 1 is 1.24 bits per heavy atom. The molecule has 152 valence electrons. The second kappa shape index (κ2) is 8.51. The van der Waals surface area contributed by atoms with Gasteiger partial charge in [0.15, 0.2) is 5.16 Å². The smallest absolute Gasteiger partial charge is 0.324 e. The monoisotopic (exact) mass is 439 g/mol. The van der Waals surface area contributed by atoms with Crippen LogP contribution in [0, 0.1) is 13.8 Å². The first-order valence-corrected chi connectivity index (χ1v) is 9.92. The third kappa shape index (κ3) is 4.94. The number of para-hydroxylation sites is 1. The van der Waals surface area contributed by atoms with Crippen LogP contribution >= 0.6 is 23.4 Å². The van der Waals surface area contributed by atoms with Crippen molar-refractivity contribution in [2.75, 3.05) is 11.1 Å². The lowest BCUT2D eigenvalue weighted by Gasteiger charge is -2.15. The summed E-state index contributed by atoms with van der Waals surface area (Å²) in [6.07, 6.45) is -1.25. The first kappa shape index (κ1) is 21.3. The second-order valence-corrected chi connectivity index (χ2v) is 7.72. The number of benzene rings is 2. The number of amides is 1. The standard InChI is InChI=1S/C20H17ClF3N3OS/c1-12-6-7-16(13(2)10-12)27-9-8-25-19(27)29-11-17(28)26-18-14(20(22,23)24)4-3-5-15(18)21/h3-10H,11H2,1-2H3,(H,26,28). The normalized spacial score (nSPS) is 11.5. The summed E-state index contributed by atoms with van der Waals surface area (Å²) >= 11 is 7.00. The molecule has 1 aromatic heterocycles. The fraction of sp³-hybridized carbons (Fsp3) is 0.200. The number of aryl methyl sites for hydroxylation is 2. The Hall–Kier alpha value is -2.45. The molecule has 0 saturated heterocycles. The van der Waals surface area contributed by atoms with Gasteiger partial charge in [0.1, 0.15) is 0 Å². The zero-order valence-electron chi connectivity index (χ0n) is 15.5. The van der Waals surface area contributed by atoms with Gasteiger partial charge in [0, 0.05) is 12.4 Å². The van der Waals surface area contributed by atoms with Crippen LogP contribution < -0.4 is 5.32 Å². The van der Waals surface area contributed by atoms with Crippen LogP contribution in [0.15, 0.2) is 53.9 Å². The van der Waals surface area contributed by atoms with Gasteiger partial charge in [-0.3, -0.25) is 9.36 Å². The number of halogens is 4. The lowest BCUT2D eigenvalue weighted by molar-refractivity contribution is -0.137. The average molecular weight is 440 g/mol. The molecule has 3 rings (SSSR count). The summed E-state index contributed by atoms with van der Waals surface area (Å²) < 4.78 is 41.3. The molecule has 1 N–H and O–H groups in total. The van der Waals surface area contributed by atoms with E-state index in [0.717, 1.165) is 34.6 Å². The lowest BCUT2D eigenvalue weighted by atomic mass is 10.1. The summed E-state index contributed by atoms with van der Waals surface area (Å²) in [7, 11) is 0. The van der Waals surface area contributed by atoms with Crippen molar-refractivity contribution in [2.45, 2.75) is 25.2 Å². The van der Waals surface area contributed by atoms with Crippen LogP contribution in [0.5, 0.6) is 0 Å². The third-order valence-corrected chi connectivity index (χ3v) is 5.42. The number of carbonyl (C=O) groups is 1. The maximum atomic E-state index is 13.2. The van der Waals surface area contributed by atoms with E-state index < -0.39 is 23.3 Å². The van der Waals surface area contributed by atoms with Gasteiger partial charge >= 0.3 is 6.18 Å². The molecule has 29 heavy (non-hydrogen) atoms. The second-order valence-electron chi connectivity index (χ2n) is 6.37. The number of anilines is 1. The van der Waals surface area contributed by atoms with Crippen LogP contribution in [0.2, 0.25) is 5.02 Å². The van der Waals surface area contributed by atoms with Gasteiger partial charge in [-0.2, -0.15) is 13.2 Å². The summed E-state index contributed by atoms with van der Waals surface area (Å²) in [6, 6.07) is 9.33. The topological polar surface area (TPSA) is 46.9 Å². The predicted octanol–water partition coefficient (Wildman–Crippen LogP) is 5.89. The SMILES string of the molecule is Cc1ccc(-n2ccnc2SCC(=O)Nc2c(Cl)cccc2C(F)(F)F)c(C)c1. The van der Waals surface area contributed by atoms with Gasteiger partial charge in [-0.25, -0.2) is 4.98 Å². The van der Waals surface area contributed by atoms with Crippen molar-refractivity contribution in [3.63, 3.8) is 0 Å². The van der Waals surface area contributed by atoms with E-state index in [-0.39, 0.29) is 10.8 Å². The Morgan fingerprint density at radius 3 is 2.69 bits per heavy atom. The molecule has 2 aromatic carbocycles. The molecule has 0 fully saturated rings. The molecule has 3 aromatic rings. The molecule has 0 aliphatic heterocycles. The van der Waals surface area contributed by atoms with Crippen molar-refractivity contribution < 1.29 is 18.0 Å². The molecule has 9 heteroatoms. The zero-order valence-corrected chi connectivity index (χ0v) is 17.1. The van der Waals surface area contributed by atoms with Crippen molar-refractivity contribution in [2.24, 2.45) is 0 Å². The summed E-state index contributed by atoms with van der Waals surface area (Å²) in [4.78, 5) is 16.6. The molecule has 0 aliphatic rings. The zero-order chi connectivity index (χ0) is 21.2. The minimum Gasteiger partial charge on any atom is -0.324 e. The molecular formula is C20H17ClF3N3OS. The van der Waals surface area contributed by atoms with E-state index in [1.807, 2.05) is 36.6 Å². The maximum absolute atomic E-state index is 13.2. The Morgan fingerprint density at radius 2 is 2.00 bits per heavy atom. The first-order valence-electron chi connectivity index (χ1n) is 8.56. The molecule has 1 heterocycles. The number of carbonyl (C=O) groups excluding carboxylic acids is 1. The number of alkyl halides is 3. The van der Waals surface area contributed by atoms with Gasteiger partial charge in [0.05, 0.1) is 27.7 Å². The minimum atomic E-state index is -4.63. The summed E-state index contributed by atoms with van der Waals surface area (Å²) in [5.74, 6) is -0.728. The maximum Gasteiger partial charge on any atom is 0.418 e. The predicted molar refractivity (Wildman–Crippen MR) is 109 cm³/mol. The van der Waals surface area contributed by atoms with Gasteiger partial charge in [0.2, 0.25) is 5.91 Å². The van der Waals surface area contributed by atoms with Crippen molar-refractivity contribution in [1.82, 2.24) is 9.55 Å². The highest BCUT2D eigenvalue weighted by molar-refractivity contribution is 7.99. The van der Waals surface area contributed by atoms with Crippen molar-refractivity contribution in [3.8, 4) is 5.69 Å². The number of imidazole rings is 1. The van der Waals surface area contributed by atoms with Crippen LogP contribution in [0.3, 0.4) is 0 Å². The first-order chi connectivity index (χ1) is 13.7. The molecule has 0 unspecified atom stereocenters. The molecule has 0 spiro atoms. The Bertz CT molecular complexity index is 1050. The number of thioether (sulfide) groups is 1. The number of hydrogen-bond donors (Lipinski definition) is 1. The van der Waals surface area contributed by atoms with E-state index >= 15 is 0 Å². The molecule has 0 aliphatic carbocycles. The highest BCUT2D eigenvalue weighted by Gasteiger charge is 2.34. The molecule has 0 atom stereocenters. The van der Waals surface area contributed by atoms with Gasteiger partial charge in [-0.05, 0) is 37.6 Å². The van der Waals surface area contributed by atoms with E-state index in [2.05, 4.69) is 10.3 Å². The van der Waals surface area contributed by atoms with Crippen LogP contribution in [0.25, 0.3) is 5.69 Å². The Kier molecular flexibility index (Phi) is 6.24. The average Bonchev–Trinajstić information content (AvgIpc) is 3.09. The highest BCUT2D eigenvalue weighted by atomic mass is 35.5. The van der Waals surface area contributed by atoms with Gasteiger partial charge in [-0.15, -0.1) is 0 Å². The highest BCUT2D eigenvalue weighted by Crippen LogP contribution is 2.38. The fourth-order valence-corrected chi connectivity index (χ4v) is 3.84. The van der Waals surface area contributed by atoms with Crippen molar-refractivity contribution in [3.05, 3.63) is 70.5 Å². The van der Waals surface area contributed by atoms with Gasteiger partial charge in [-0.1, -0.05) is 47.1 Å². The number of nitrogens with zero attached hydrogens (tertiary/aromatic N) is 2. The molecule has 0 saturated carbocycles. The quantitative estimate of drug-likeness (QED) is 0.504. The summed E-state index contributed by atoms with van der Waals surface area (Å²) in [6.45, 7) is 3.97. The minimum absolute atomic E-state index is 0.121. The van der Waals surface area contributed by atoms with Crippen LogP contribution in [-0.4, -0.2) is 21.2 Å². The Balaban J connectivity index is 1.75. The van der Waals surface area contributed by atoms with Gasteiger partial charge in [0.25, 0.3) is 0 Å². The Labute approximate surface area is 175 Å². The van der Waals surface area contributed by atoms with Crippen molar-refractivity contribution in [1.29, 1.82) is 0 Å². The largest absolute Gasteiger partial charge is 0.418 e. The number of nitrogens with one attached hydrogen (secondary N) is 1. The number of aromatic nitrogens is 2. The molecule has 4 nitrogen and oxygen atoms in total. The number of hydrogen-bond acceptors (Lipinski definition) is 3. The van der Waals surface area contributed by atoms with E-state index in [0.29, 0.717) is 5.16 Å². The fourth-order valence-electron chi connectivity index (χ4n) is 2.85. The third-order valence-electron chi connectivity index (χ3n) is 4.13. The molecular weight excluding hydrogens is 423 g/mol. The molecule has 0 bridgehead atoms. The van der Waals surface area contributed by atoms with Crippen LogP contribution in [-0.2, 0) is 11.0 Å². The molecule has 1 amide bonds. The van der Waals surface area contributed by atoms with E-state index in [4.69, 9.17) is 11.6 Å². The van der Waals surface area contributed by atoms with E-state index in [1.54, 1.807) is 12.4 Å². The van der Waals surface area contributed by atoms with Crippen molar-refractivity contribution >= 4 is 35.0 Å². The van der Waals surface area contributed by atoms with Gasteiger partial charge < -0.3 is 5.32 Å². The summed E-state index contributed by atoms with van der Waals surface area (Å²) in [5, 5.41) is 2.66. The number of rotatable bonds is 5.